The predicted molar refractivity (Wildman–Crippen MR) is 98.3 cm³/mol. The summed E-state index contributed by atoms with van der Waals surface area (Å²) in [5.74, 6) is 0.566. The first-order valence-corrected chi connectivity index (χ1v) is 9.60. The molecule has 1 fully saturated rings. The zero-order chi connectivity index (χ0) is 17.9. The zero-order valence-corrected chi connectivity index (χ0v) is 16.1. The van der Waals surface area contributed by atoms with Gasteiger partial charge < -0.3 is 9.64 Å². The standard InChI is InChI=1S/C18H24ClNO3S/c1-11(2)9-23-18(22)15-10-24-17(12(3)4)20(15)16(21)13-6-5-7-14(19)8-13/h5-8,11-12,15,17H,9-10H2,1-4H3. The molecule has 0 radical (unpaired) electrons. The maximum absolute atomic E-state index is 13.0. The van der Waals surface area contributed by atoms with Crippen LogP contribution in [0.2, 0.25) is 5.02 Å². The summed E-state index contributed by atoms with van der Waals surface area (Å²) < 4.78 is 5.38. The van der Waals surface area contributed by atoms with E-state index in [0.29, 0.717) is 22.9 Å². The molecule has 1 heterocycles. The molecule has 132 valence electrons. The number of hydrogen-bond donors (Lipinski definition) is 0. The van der Waals surface area contributed by atoms with Crippen LogP contribution in [0.5, 0.6) is 0 Å². The number of halogens is 1. The maximum Gasteiger partial charge on any atom is 0.329 e. The van der Waals surface area contributed by atoms with Crippen molar-refractivity contribution in [3.8, 4) is 0 Å². The lowest BCUT2D eigenvalue weighted by molar-refractivity contribution is -0.149. The van der Waals surface area contributed by atoms with Gasteiger partial charge in [0.05, 0.1) is 12.0 Å². The second-order valence-electron chi connectivity index (χ2n) is 6.73. The Balaban J connectivity index is 2.25. The van der Waals surface area contributed by atoms with E-state index in [1.54, 1.807) is 40.9 Å². The van der Waals surface area contributed by atoms with E-state index in [9.17, 15) is 9.59 Å². The Bertz CT molecular complexity index is 606. The first-order valence-electron chi connectivity index (χ1n) is 8.17. The van der Waals surface area contributed by atoms with E-state index >= 15 is 0 Å². The summed E-state index contributed by atoms with van der Waals surface area (Å²) in [4.78, 5) is 27.2. The van der Waals surface area contributed by atoms with Crippen molar-refractivity contribution >= 4 is 35.2 Å². The van der Waals surface area contributed by atoms with Crippen molar-refractivity contribution in [1.82, 2.24) is 4.90 Å². The van der Waals surface area contributed by atoms with Crippen LogP contribution < -0.4 is 0 Å². The summed E-state index contributed by atoms with van der Waals surface area (Å²) in [5, 5.41) is 0.459. The molecule has 2 atom stereocenters. The molecular weight excluding hydrogens is 346 g/mol. The normalized spacial score (nSPS) is 20.7. The molecule has 0 aliphatic carbocycles. The first-order chi connectivity index (χ1) is 11.3. The number of benzene rings is 1. The monoisotopic (exact) mass is 369 g/mol. The average molecular weight is 370 g/mol. The van der Waals surface area contributed by atoms with Crippen molar-refractivity contribution in [2.45, 2.75) is 39.1 Å². The number of hydrogen-bond acceptors (Lipinski definition) is 4. The van der Waals surface area contributed by atoms with E-state index in [1.807, 2.05) is 13.8 Å². The summed E-state index contributed by atoms with van der Waals surface area (Å²) in [6.45, 7) is 8.45. The lowest BCUT2D eigenvalue weighted by Crippen LogP contribution is -2.48. The molecule has 1 aromatic rings. The Labute approximate surface area is 152 Å². The smallest absolute Gasteiger partial charge is 0.329 e. The van der Waals surface area contributed by atoms with Gasteiger partial charge in [0.2, 0.25) is 0 Å². The highest BCUT2D eigenvalue weighted by atomic mass is 35.5. The third kappa shape index (κ3) is 4.45. The van der Waals surface area contributed by atoms with Crippen LogP contribution in [0, 0.1) is 11.8 Å². The van der Waals surface area contributed by atoms with Gasteiger partial charge in [-0.05, 0) is 30.0 Å². The molecule has 0 bridgehead atoms. The number of rotatable bonds is 5. The van der Waals surface area contributed by atoms with Gasteiger partial charge in [0.15, 0.2) is 0 Å². The number of carbonyl (C=O) groups excluding carboxylic acids is 2. The summed E-state index contributed by atoms with van der Waals surface area (Å²) in [5.41, 5.74) is 0.498. The third-order valence-corrected chi connectivity index (χ3v) is 5.60. The lowest BCUT2D eigenvalue weighted by atomic mass is 10.1. The predicted octanol–water partition coefficient (Wildman–Crippen LogP) is 4.08. The minimum absolute atomic E-state index is 0.0481. The summed E-state index contributed by atoms with van der Waals surface area (Å²) >= 11 is 7.64. The van der Waals surface area contributed by atoms with Crippen molar-refractivity contribution in [2.24, 2.45) is 11.8 Å². The Morgan fingerprint density at radius 1 is 1.33 bits per heavy atom. The Morgan fingerprint density at radius 3 is 2.62 bits per heavy atom. The van der Waals surface area contributed by atoms with Crippen LogP contribution in [0.15, 0.2) is 24.3 Å². The number of esters is 1. The second kappa shape index (κ2) is 8.26. The first kappa shape index (κ1) is 19.1. The number of ether oxygens (including phenoxy) is 1. The Hall–Kier alpha value is -1.20. The highest BCUT2D eigenvalue weighted by molar-refractivity contribution is 8.00. The summed E-state index contributed by atoms with van der Waals surface area (Å²) in [7, 11) is 0. The van der Waals surface area contributed by atoms with Crippen LogP contribution in [-0.2, 0) is 9.53 Å². The van der Waals surface area contributed by atoms with E-state index in [-0.39, 0.29) is 29.1 Å². The van der Waals surface area contributed by atoms with Gasteiger partial charge in [0.25, 0.3) is 5.91 Å². The molecule has 0 aromatic heterocycles. The lowest BCUT2D eigenvalue weighted by Gasteiger charge is -2.30. The van der Waals surface area contributed by atoms with Crippen LogP contribution in [-0.4, -0.2) is 40.6 Å². The average Bonchev–Trinajstić information content (AvgIpc) is 2.97. The van der Waals surface area contributed by atoms with Gasteiger partial charge >= 0.3 is 5.97 Å². The fourth-order valence-corrected chi connectivity index (χ4v) is 4.25. The van der Waals surface area contributed by atoms with Gasteiger partial charge in [0, 0.05) is 16.3 Å². The van der Waals surface area contributed by atoms with E-state index in [1.165, 1.54) is 0 Å². The van der Waals surface area contributed by atoms with Crippen LogP contribution >= 0.6 is 23.4 Å². The Kier molecular flexibility index (Phi) is 6.58. The number of nitrogens with zero attached hydrogens (tertiary/aromatic N) is 1. The SMILES string of the molecule is CC(C)COC(=O)C1CSC(C(C)C)N1C(=O)c1cccc(Cl)c1. The summed E-state index contributed by atoms with van der Waals surface area (Å²) in [6.07, 6.45) is 0. The van der Waals surface area contributed by atoms with Crippen LogP contribution in [0.1, 0.15) is 38.1 Å². The van der Waals surface area contributed by atoms with Crippen LogP contribution in [0.25, 0.3) is 0 Å². The van der Waals surface area contributed by atoms with Gasteiger partial charge in [0.1, 0.15) is 6.04 Å². The van der Waals surface area contributed by atoms with E-state index < -0.39 is 6.04 Å². The van der Waals surface area contributed by atoms with Gasteiger partial charge in [-0.25, -0.2) is 4.79 Å². The number of carbonyl (C=O) groups is 2. The Morgan fingerprint density at radius 2 is 2.04 bits per heavy atom. The van der Waals surface area contributed by atoms with Crippen molar-refractivity contribution in [3.63, 3.8) is 0 Å². The fourth-order valence-electron chi connectivity index (χ4n) is 2.60. The molecule has 2 rings (SSSR count). The molecule has 6 heteroatoms. The molecule has 1 aliphatic rings. The van der Waals surface area contributed by atoms with Gasteiger partial charge in [-0.3, -0.25) is 4.79 Å². The minimum atomic E-state index is -0.548. The largest absolute Gasteiger partial charge is 0.464 e. The quantitative estimate of drug-likeness (QED) is 0.734. The van der Waals surface area contributed by atoms with E-state index in [4.69, 9.17) is 16.3 Å². The van der Waals surface area contributed by atoms with Crippen LogP contribution in [0.4, 0.5) is 0 Å². The fraction of sp³-hybridized carbons (Fsp3) is 0.556. The number of thioether (sulfide) groups is 1. The highest BCUT2D eigenvalue weighted by Crippen LogP contribution is 2.36. The van der Waals surface area contributed by atoms with Crippen molar-refractivity contribution in [1.29, 1.82) is 0 Å². The molecule has 1 saturated heterocycles. The number of amides is 1. The molecule has 2 unspecified atom stereocenters. The van der Waals surface area contributed by atoms with E-state index in [2.05, 4.69) is 13.8 Å². The molecule has 24 heavy (non-hydrogen) atoms. The third-order valence-electron chi connectivity index (χ3n) is 3.74. The van der Waals surface area contributed by atoms with Crippen molar-refractivity contribution < 1.29 is 14.3 Å². The maximum atomic E-state index is 13.0. The topological polar surface area (TPSA) is 46.6 Å². The highest BCUT2D eigenvalue weighted by Gasteiger charge is 2.43. The van der Waals surface area contributed by atoms with E-state index in [0.717, 1.165) is 0 Å². The molecule has 0 saturated carbocycles. The van der Waals surface area contributed by atoms with Crippen molar-refractivity contribution in [2.75, 3.05) is 12.4 Å². The molecule has 0 spiro atoms. The zero-order valence-electron chi connectivity index (χ0n) is 14.5. The second-order valence-corrected chi connectivity index (χ2v) is 8.32. The van der Waals surface area contributed by atoms with Gasteiger partial charge in [-0.1, -0.05) is 45.4 Å². The minimum Gasteiger partial charge on any atom is -0.464 e. The summed E-state index contributed by atoms with van der Waals surface area (Å²) in [6, 6.07) is 6.29. The van der Waals surface area contributed by atoms with Crippen molar-refractivity contribution in [3.05, 3.63) is 34.9 Å². The van der Waals surface area contributed by atoms with Gasteiger partial charge in [-0.2, -0.15) is 0 Å². The molecule has 4 nitrogen and oxygen atoms in total. The van der Waals surface area contributed by atoms with Gasteiger partial charge in [-0.15, -0.1) is 11.8 Å². The molecule has 0 N–H and O–H groups in total. The molecule has 1 aliphatic heterocycles. The molecular formula is C18H24ClNO3S. The molecule has 1 aromatic carbocycles. The van der Waals surface area contributed by atoms with Crippen LogP contribution in [0.3, 0.4) is 0 Å². The molecule has 1 amide bonds.